The van der Waals surface area contributed by atoms with Gasteiger partial charge in [-0.3, -0.25) is 0 Å². The van der Waals surface area contributed by atoms with Crippen LogP contribution < -0.4 is 11.5 Å². The Morgan fingerprint density at radius 2 is 1.06 bits per heavy atom. The van der Waals surface area contributed by atoms with Crippen LogP contribution in [0, 0.1) is 0 Å². The van der Waals surface area contributed by atoms with Crippen LogP contribution in [0.4, 0.5) is 11.4 Å². The predicted octanol–water partition coefficient (Wildman–Crippen LogP) is 4.30. The first kappa shape index (κ1) is 12.5. The maximum atomic E-state index is 5.86. The number of anilines is 2. The first-order chi connectivity index (χ1) is 8.27. The monoisotopic (exact) mass is 280 g/mol. The summed E-state index contributed by atoms with van der Waals surface area (Å²) in [5.74, 6) is 0. The third-order valence-electron chi connectivity index (χ3n) is 2.09. The SMILES string of the molecule is Nc1ccccc1SSSc1ccccc1N. The summed E-state index contributed by atoms with van der Waals surface area (Å²) in [5.41, 5.74) is 13.3. The topological polar surface area (TPSA) is 52.0 Å². The van der Waals surface area contributed by atoms with E-state index in [0.717, 1.165) is 21.2 Å². The number of rotatable bonds is 4. The van der Waals surface area contributed by atoms with E-state index in [4.69, 9.17) is 11.5 Å². The van der Waals surface area contributed by atoms with E-state index >= 15 is 0 Å². The molecule has 0 saturated heterocycles. The van der Waals surface area contributed by atoms with Crippen molar-refractivity contribution in [1.82, 2.24) is 0 Å². The highest BCUT2D eigenvalue weighted by molar-refractivity contribution is 9.09. The molecule has 0 spiro atoms. The van der Waals surface area contributed by atoms with Crippen molar-refractivity contribution >= 4 is 42.8 Å². The van der Waals surface area contributed by atoms with Gasteiger partial charge in [0.25, 0.3) is 0 Å². The van der Waals surface area contributed by atoms with Gasteiger partial charge in [0.1, 0.15) is 0 Å². The van der Waals surface area contributed by atoms with Crippen molar-refractivity contribution in [1.29, 1.82) is 0 Å². The van der Waals surface area contributed by atoms with E-state index in [1.165, 1.54) is 0 Å². The Kier molecular flexibility index (Phi) is 4.53. The van der Waals surface area contributed by atoms with Gasteiger partial charge in [0.15, 0.2) is 0 Å². The predicted molar refractivity (Wildman–Crippen MR) is 81.0 cm³/mol. The van der Waals surface area contributed by atoms with Gasteiger partial charge in [-0.25, -0.2) is 0 Å². The van der Waals surface area contributed by atoms with E-state index < -0.39 is 0 Å². The van der Waals surface area contributed by atoms with Crippen LogP contribution in [0.5, 0.6) is 0 Å². The smallest absolute Gasteiger partial charge is 0.0461 e. The zero-order valence-electron chi connectivity index (χ0n) is 9.00. The molecule has 0 unspecified atom stereocenters. The number of hydrogen-bond acceptors (Lipinski definition) is 5. The quantitative estimate of drug-likeness (QED) is 0.646. The average Bonchev–Trinajstić information content (AvgIpc) is 2.34. The molecule has 0 fully saturated rings. The van der Waals surface area contributed by atoms with Crippen LogP contribution in [0.2, 0.25) is 0 Å². The number of para-hydroxylation sites is 2. The maximum absolute atomic E-state index is 5.86. The lowest BCUT2D eigenvalue weighted by atomic mass is 10.3. The Labute approximate surface area is 112 Å². The van der Waals surface area contributed by atoms with Crippen LogP contribution in [0.3, 0.4) is 0 Å². The number of nitrogens with two attached hydrogens (primary N) is 2. The van der Waals surface area contributed by atoms with Crippen molar-refractivity contribution in [2.45, 2.75) is 9.79 Å². The fraction of sp³-hybridized carbons (Fsp3) is 0. The van der Waals surface area contributed by atoms with E-state index in [1.807, 2.05) is 48.5 Å². The fourth-order valence-corrected chi connectivity index (χ4v) is 5.06. The van der Waals surface area contributed by atoms with Crippen LogP contribution >= 0.6 is 31.4 Å². The van der Waals surface area contributed by atoms with Gasteiger partial charge in [0.05, 0.1) is 0 Å². The molecule has 0 amide bonds. The van der Waals surface area contributed by atoms with Crippen molar-refractivity contribution in [3.63, 3.8) is 0 Å². The highest BCUT2D eigenvalue weighted by atomic mass is 33.5. The second-order valence-electron chi connectivity index (χ2n) is 3.31. The standard InChI is InChI=1S/C12H12N2S3/c13-9-5-1-3-7-11(9)15-17-16-12-8-4-2-6-10(12)14/h1-8H,13-14H2. The summed E-state index contributed by atoms with van der Waals surface area (Å²) in [7, 11) is 4.96. The molecule has 0 aliphatic carbocycles. The van der Waals surface area contributed by atoms with E-state index in [9.17, 15) is 0 Å². The van der Waals surface area contributed by atoms with Gasteiger partial charge in [-0.15, -0.1) is 0 Å². The third-order valence-corrected chi connectivity index (χ3v) is 6.03. The van der Waals surface area contributed by atoms with Crippen molar-refractivity contribution in [3.05, 3.63) is 48.5 Å². The molecule has 0 bridgehead atoms. The first-order valence-corrected chi connectivity index (χ1v) is 8.46. The molecule has 2 aromatic rings. The summed E-state index contributed by atoms with van der Waals surface area (Å²) in [6.07, 6.45) is 0. The minimum absolute atomic E-state index is 0.812. The van der Waals surface area contributed by atoms with Gasteiger partial charge in [0.2, 0.25) is 0 Å². The molecule has 2 nitrogen and oxygen atoms in total. The number of nitrogen functional groups attached to an aromatic ring is 2. The number of hydrogen-bond donors (Lipinski definition) is 2. The van der Waals surface area contributed by atoms with Crippen molar-refractivity contribution in [2.24, 2.45) is 0 Å². The second-order valence-corrected chi connectivity index (χ2v) is 7.29. The molecule has 0 heterocycles. The lowest BCUT2D eigenvalue weighted by Crippen LogP contribution is -1.86. The van der Waals surface area contributed by atoms with E-state index in [0.29, 0.717) is 0 Å². The summed E-state index contributed by atoms with van der Waals surface area (Å²) >= 11 is 0. The van der Waals surface area contributed by atoms with Gasteiger partial charge in [0, 0.05) is 21.2 Å². The normalized spacial score (nSPS) is 10.4. The maximum Gasteiger partial charge on any atom is 0.0461 e. The zero-order chi connectivity index (χ0) is 12.1. The summed E-state index contributed by atoms with van der Waals surface area (Å²) in [4.78, 5) is 2.17. The molecule has 0 aliphatic heterocycles. The van der Waals surface area contributed by atoms with Crippen molar-refractivity contribution in [2.75, 3.05) is 11.5 Å². The Balaban J connectivity index is 1.93. The first-order valence-electron chi connectivity index (χ1n) is 4.97. The molecule has 2 aromatic carbocycles. The molecule has 0 aromatic heterocycles. The van der Waals surface area contributed by atoms with Crippen LogP contribution in [-0.2, 0) is 0 Å². The van der Waals surface area contributed by atoms with Crippen LogP contribution in [-0.4, -0.2) is 0 Å². The molecule has 0 radical (unpaired) electrons. The minimum atomic E-state index is 0.812. The molecule has 88 valence electrons. The lowest BCUT2D eigenvalue weighted by Gasteiger charge is -2.05. The average molecular weight is 280 g/mol. The second kappa shape index (κ2) is 6.14. The van der Waals surface area contributed by atoms with Gasteiger partial charge >= 0.3 is 0 Å². The summed E-state index contributed by atoms with van der Waals surface area (Å²) in [6, 6.07) is 15.7. The molecule has 0 aliphatic rings. The molecule has 2 rings (SSSR count). The van der Waals surface area contributed by atoms with Gasteiger partial charge in [-0.05, 0) is 55.7 Å². The van der Waals surface area contributed by atoms with Gasteiger partial charge < -0.3 is 11.5 Å². The van der Waals surface area contributed by atoms with Crippen LogP contribution in [0.15, 0.2) is 58.3 Å². The Morgan fingerprint density at radius 1 is 0.647 bits per heavy atom. The molecule has 0 saturated carbocycles. The zero-order valence-corrected chi connectivity index (χ0v) is 11.4. The summed E-state index contributed by atoms with van der Waals surface area (Å²) < 4.78 is 0. The van der Waals surface area contributed by atoms with E-state index in [2.05, 4.69) is 0 Å². The highest BCUT2D eigenvalue weighted by Gasteiger charge is 2.02. The minimum Gasteiger partial charge on any atom is -0.398 e. The molecule has 5 heteroatoms. The third kappa shape index (κ3) is 3.52. The van der Waals surface area contributed by atoms with Gasteiger partial charge in [-0.1, -0.05) is 24.3 Å². The Morgan fingerprint density at radius 3 is 1.47 bits per heavy atom. The molecule has 17 heavy (non-hydrogen) atoms. The Bertz CT molecular complexity index is 457. The highest BCUT2D eigenvalue weighted by Crippen LogP contribution is 2.47. The van der Waals surface area contributed by atoms with E-state index in [1.54, 1.807) is 31.4 Å². The molecule has 0 atom stereocenters. The Hall–Kier alpha value is -0.910. The molecular weight excluding hydrogens is 268 g/mol. The lowest BCUT2D eigenvalue weighted by molar-refractivity contribution is 1.47. The van der Waals surface area contributed by atoms with E-state index in [-0.39, 0.29) is 0 Å². The summed E-state index contributed by atoms with van der Waals surface area (Å²) in [6.45, 7) is 0. The van der Waals surface area contributed by atoms with Gasteiger partial charge in [-0.2, -0.15) is 0 Å². The largest absolute Gasteiger partial charge is 0.398 e. The van der Waals surface area contributed by atoms with Crippen LogP contribution in [0.25, 0.3) is 0 Å². The fourth-order valence-electron chi connectivity index (χ4n) is 1.20. The van der Waals surface area contributed by atoms with Crippen LogP contribution in [0.1, 0.15) is 0 Å². The number of benzene rings is 2. The molecule has 4 N–H and O–H groups in total. The summed E-state index contributed by atoms with van der Waals surface area (Å²) in [5, 5.41) is 0. The van der Waals surface area contributed by atoms with Crippen molar-refractivity contribution in [3.8, 4) is 0 Å². The van der Waals surface area contributed by atoms with Crippen molar-refractivity contribution < 1.29 is 0 Å². The molecular formula is C12H12N2S3.